The van der Waals surface area contributed by atoms with Crippen LogP contribution in [0.15, 0.2) is 0 Å². The van der Waals surface area contributed by atoms with Crippen molar-refractivity contribution < 1.29 is 4.74 Å². The van der Waals surface area contributed by atoms with Crippen LogP contribution in [0.4, 0.5) is 0 Å². The lowest BCUT2D eigenvalue weighted by atomic mass is 9.84. The first-order valence-electron chi connectivity index (χ1n) is 7.80. The Bertz CT molecular complexity index is 235. The van der Waals surface area contributed by atoms with E-state index in [1.807, 2.05) is 0 Å². The third-order valence-corrected chi connectivity index (χ3v) is 4.36. The van der Waals surface area contributed by atoms with Gasteiger partial charge in [-0.3, -0.25) is 4.90 Å². The highest BCUT2D eigenvalue weighted by Gasteiger charge is 2.29. The Morgan fingerprint density at radius 1 is 1.11 bits per heavy atom. The van der Waals surface area contributed by atoms with Gasteiger partial charge >= 0.3 is 0 Å². The zero-order valence-corrected chi connectivity index (χ0v) is 12.3. The van der Waals surface area contributed by atoms with Crippen LogP contribution in [0.2, 0.25) is 0 Å². The molecule has 0 radical (unpaired) electrons. The third kappa shape index (κ3) is 3.94. The second kappa shape index (κ2) is 6.88. The average Bonchev–Trinajstić information content (AvgIpc) is 2.30. The van der Waals surface area contributed by atoms with Crippen molar-refractivity contribution in [3.63, 3.8) is 0 Å². The predicted octanol–water partition coefficient (Wildman–Crippen LogP) is 2.26. The molecule has 2 aliphatic rings. The maximum atomic E-state index is 5.82. The van der Waals surface area contributed by atoms with Gasteiger partial charge in [-0.1, -0.05) is 19.8 Å². The van der Waals surface area contributed by atoms with E-state index in [1.54, 1.807) is 0 Å². The van der Waals surface area contributed by atoms with Gasteiger partial charge in [-0.05, 0) is 39.2 Å². The summed E-state index contributed by atoms with van der Waals surface area (Å²) in [4.78, 5) is 2.62. The van der Waals surface area contributed by atoms with Gasteiger partial charge in [0.1, 0.15) is 0 Å². The molecule has 0 aromatic heterocycles. The molecule has 1 heterocycles. The summed E-state index contributed by atoms with van der Waals surface area (Å²) in [5.41, 5.74) is 0. The fourth-order valence-corrected chi connectivity index (χ4v) is 3.72. The van der Waals surface area contributed by atoms with Crippen LogP contribution in [0.5, 0.6) is 0 Å². The minimum absolute atomic E-state index is 0.398. The molecule has 18 heavy (non-hydrogen) atoms. The highest BCUT2D eigenvalue weighted by atomic mass is 16.5. The van der Waals surface area contributed by atoms with Crippen molar-refractivity contribution in [1.82, 2.24) is 10.2 Å². The highest BCUT2D eigenvalue weighted by molar-refractivity contribution is 4.85. The second-order valence-electron chi connectivity index (χ2n) is 6.18. The van der Waals surface area contributed by atoms with Gasteiger partial charge in [0, 0.05) is 25.7 Å². The normalized spacial score (nSPS) is 38.8. The van der Waals surface area contributed by atoms with Crippen molar-refractivity contribution in [3.8, 4) is 0 Å². The summed E-state index contributed by atoms with van der Waals surface area (Å²) < 4.78 is 5.82. The van der Waals surface area contributed by atoms with E-state index in [4.69, 9.17) is 4.74 Å². The molecule has 1 N–H and O–H groups in total. The number of rotatable bonds is 4. The van der Waals surface area contributed by atoms with Crippen molar-refractivity contribution in [2.45, 2.75) is 64.7 Å². The number of hydrogen-bond donors (Lipinski definition) is 1. The number of ether oxygens (including phenoxy) is 1. The van der Waals surface area contributed by atoms with E-state index in [1.165, 1.54) is 32.2 Å². The van der Waals surface area contributed by atoms with Crippen molar-refractivity contribution in [1.29, 1.82) is 0 Å². The molecule has 1 aliphatic carbocycles. The quantitative estimate of drug-likeness (QED) is 0.833. The van der Waals surface area contributed by atoms with Gasteiger partial charge in [-0.15, -0.1) is 0 Å². The van der Waals surface area contributed by atoms with Crippen LogP contribution < -0.4 is 5.32 Å². The molecule has 0 aromatic rings. The van der Waals surface area contributed by atoms with E-state index >= 15 is 0 Å². The molecule has 1 aliphatic heterocycles. The maximum absolute atomic E-state index is 5.82. The van der Waals surface area contributed by atoms with Crippen LogP contribution in [0.25, 0.3) is 0 Å². The Balaban J connectivity index is 1.85. The Morgan fingerprint density at radius 2 is 1.78 bits per heavy atom. The van der Waals surface area contributed by atoms with Crippen molar-refractivity contribution in [3.05, 3.63) is 0 Å². The van der Waals surface area contributed by atoms with Crippen LogP contribution in [0.3, 0.4) is 0 Å². The minimum Gasteiger partial charge on any atom is -0.373 e. The van der Waals surface area contributed by atoms with E-state index in [9.17, 15) is 0 Å². The number of nitrogens with one attached hydrogen (secondary N) is 1. The zero-order valence-electron chi connectivity index (χ0n) is 12.3. The Morgan fingerprint density at radius 3 is 2.44 bits per heavy atom. The molecule has 2 fully saturated rings. The molecule has 2 rings (SSSR count). The molecule has 3 nitrogen and oxygen atoms in total. The highest BCUT2D eigenvalue weighted by Crippen LogP contribution is 2.26. The van der Waals surface area contributed by atoms with E-state index < -0.39 is 0 Å². The Kier molecular flexibility index (Phi) is 5.46. The maximum Gasteiger partial charge on any atom is 0.0678 e. The number of nitrogens with zero attached hydrogens (tertiary/aromatic N) is 1. The van der Waals surface area contributed by atoms with Crippen LogP contribution in [-0.4, -0.2) is 49.3 Å². The smallest absolute Gasteiger partial charge is 0.0678 e. The molecule has 4 unspecified atom stereocenters. The molecule has 0 bridgehead atoms. The molecule has 0 spiro atoms. The van der Waals surface area contributed by atoms with E-state index in [0.29, 0.717) is 12.2 Å². The van der Waals surface area contributed by atoms with Crippen molar-refractivity contribution in [2.75, 3.05) is 26.2 Å². The molecule has 0 amide bonds. The standard InChI is InChI=1S/C15H30N2O/c1-4-16-15-8-6-5-7-14(15)11-17-9-12(2)18-13(3)10-17/h12-16H,4-11H2,1-3H3. The number of hydrogen-bond acceptors (Lipinski definition) is 3. The largest absolute Gasteiger partial charge is 0.373 e. The summed E-state index contributed by atoms with van der Waals surface area (Å²) in [7, 11) is 0. The Hall–Kier alpha value is -0.120. The summed E-state index contributed by atoms with van der Waals surface area (Å²) in [5, 5.41) is 3.69. The van der Waals surface area contributed by atoms with E-state index in [0.717, 1.165) is 31.6 Å². The van der Waals surface area contributed by atoms with Gasteiger partial charge in [0.25, 0.3) is 0 Å². The van der Waals surface area contributed by atoms with Gasteiger partial charge in [0.05, 0.1) is 12.2 Å². The third-order valence-electron chi connectivity index (χ3n) is 4.36. The zero-order chi connectivity index (χ0) is 13.0. The van der Waals surface area contributed by atoms with Crippen molar-refractivity contribution >= 4 is 0 Å². The monoisotopic (exact) mass is 254 g/mol. The van der Waals surface area contributed by atoms with Gasteiger partial charge in [0.2, 0.25) is 0 Å². The lowest BCUT2D eigenvalue weighted by molar-refractivity contribution is -0.0735. The van der Waals surface area contributed by atoms with Gasteiger partial charge in [-0.25, -0.2) is 0 Å². The minimum atomic E-state index is 0.398. The van der Waals surface area contributed by atoms with Crippen LogP contribution >= 0.6 is 0 Å². The van der Waals surface area contributed by atoms with Crippen molar-refractivity contribution in [2.24, 2.45) is 5.92 Å². The van der Waals surface area contributed by atoms with Gasteiger partial charge in [0.15, 0.2) is 0 Å². The Labute approximate surface area is 112 Å². The number of morpholine rings is 1. The summed E-state index contributed by atoms with van der Waals surface area (Å²) in [5.74, 6) is 0.844. The summed E-state index contributed by atoms with van der Waals surface area (Å²) in [6.07, 6.45) is 6.39. The molecule has 106 valence electrons. The van der Waals surface area contributed by atoms with E-state index in [-0.39, 0.29) is 0 Å². The molecular weight excluding hydrogens is 224 g/mol. The first kappa shape index (κ1) is 14.3. The first-order chi connectivity index (χ1) is 8.69. The van der Waals surface area contributed by atoms with Crippen LogP contribution in [-0.2, 0) is 4.74 Å². The lowest BCUT2D eigenvalue weighted by Gasteiger charge is -2.40. The SMILES string of the molecule is CCNC1CCCCC1CN1CC(C)OC(C)C1. The molecule has 1 saturated heterocycles. The molecule has 0 aromatic carbocycles. The lowest BCUT2D eigenvalue weighted by Crippen LogP contribution is -2.50. The van der Waals surface area contributed by atoms with Crippen LogP contribution in [0.1, 0.15) is 46.5 Å². The van der Waals surface area contributed by atoms with Gasteiger partial charge < -0.3 is 10.1 Å². The van der Waals surface area contributed by atoms with Gasteiger partial charge in [-0.2, -0.15) is 0 Å². The molecule has 4 atom stereocenters. The average molecular weight is 254 g/mol. The first-order valence-corrected chi connectivity index (χ1v) is 7.80. The summed E-state index contributed by atoms with van der Waals surface area (Å²) in [6.45, 7) is 11.2. The molecule has 1 saturated carbocycles. The molecular formula is C15H30N2O. The predicted molar refractivity (Wildman–Crippen MR) is 75.9 cm³/mol. The summed E-state index contributed by atoms with van der Waals surface area (Å²) in [6, 6.07) is 0.747. The fourth-order valence-electron chi connectivity index (χ4n) is 3.72. The second-order valence-corrected chi connectivity index (χ2v) is 6.18. The molecule has 3 heteroatoms. The fraction of sp³-hybridized carbons (Fsp3) is 1.00. The van der Waals surface area contributed by atoms with Crippen LogP contribution in [0, 0.1) is 5.92 Å². The topological polar surface area (TPSA) is 24.5 Å². The van der Waals surface area contributed by atoms with E-state index in [2.05, 4.69) is 31.0 Å². The summed E-state index contributed by atoms with van der Waals surface area (Å²) >= 11 is 0.